The van der Waals surface area contributed by atoms with Gasteiger partial charge in [-0.05, 0) is 48.1 Å². The van der Waals surface area contributed by atoms with E-state index in [2.05, 4.69) is 20.1 Å². The lowest BCUT2D eigenvalue weighted by molar-refractivity contribution is -0.115. The summed E-state index contributed by atoms with van der Waals surface area (Å²) >= 11 is 11.1. The molecule has 150 valence electrons. The highest BCUT2D eigenvalue weighted by atomic mass is 35.5. The van der Waals surface area contributed by atoms with Crippen molar-refractivity contribution in [2.45, 2.75) is 0 Å². The molecule has 0 aliphatic rings. The van der Waals surface area contributed by atoms with Crippen LogP contribution >= 0.6 is 23.8 Å². The molecule has 9 heteroatoms. The van der Waals surface area contributed by atoms with Crippen molar-refractivity contribution in [1.29, 1.82) is 0 Å². The van der Waals surface area contributed by atoms with Crippen molar-refractivity contribution >= 4 is 58.5 Å². The zero-order chi connectivity index (χ0) is 21.4. The van der Waals surface area contributed by atoms with Gasteiger partial charge in [-0.25, -0.2) is 9.59 Å². The SMILES string of the molecule is COC(=O)c1cc(NC(=S)NC(=O)C=Cc2ccccc2Cl)cc(C(=O)OC)c1. The summed E-state index contributed by atoms with van der Waals surface area (Å²) in [5.41, 5.74) is 1.21. The molecule has 0 unspecified atom stereocenters. The fourth-order valence-corrected chi connectivity index (χ4v) is 2.68. The first-order valence-corrected chi connectivity index (χ1v) is 8.99. The number of hydrogen-bond donors (Lipinski definition) is 2. The Morgan fingerprint density at radius 1 is 1.00 bits per heavy atom. The van der Waals surface area contributed by atoms with Gasteiger partial charge in [0.1, 0.15) is 0 Å². The predicted molar refractivity (Wildman–Crippen MR) is 114 cm³/mol. The Hall–Kier alpha value is -3.23. The van der Waals surface area contributed by atoms with E-state index in [1.54, 1.807) is 30.3 Å². The third kappa shape index (κ3) is 6.41. The van der Waals surface area contributed by atoms with Crippen LogP contribution < -0.4 is 10.6 Å². The van der Waals surface area contributed by atoms with E-state index in [0.29, 0.717) is 16.3 Å². The number of anilines is 1. The van der Waals surface area contributed by atoms with Gasteiger partial charge in [-0.1, -0.05) is 29.8 Å². The van der Waals surface area contributed by atoms with E-state index in [1.807, 2.05) is 0 Å². The number of halogens is 1. The molecule has 0 aliphatic carbocycles. The molecule has 0 heterocycles. The zero-order valence-electron chi connectivity index (χ0n) is 15.5. The van der Waals surface area contributed by atoms with E-state index < -0.39 is 17.8 Å². The standard InChI is InChI=1S/C20H17ClN2O5S/c1-27-18(25)13-9-14(19(26)28-2)11-15(10-13)22-20(29)23-17(24)8-7-12-5-3-4-6-16(12)21/h3-11H,1-2H3,(H2,22,23,24,29). The number of nitrogens with one attached hydrogen (secondary N) is 2. The van der Waals surface area contributed by atoms with Crippen molar-refractivity contribution in [2.75, 3.05) is 19.5 Å². The third-order valence-corrected chi connectivity index (χ3v) is 4.14. The lowest BCUT2D eigenvalue weighted by Gasteiger charge is -2.11. The summed E-state index contributed by atoms with van der Waals surface area (Å²) in [7, 11) is 2.44. The monoisotopic (exact) mass is 432 g/mol. The van der Waals surface area contributed by atoms with Crippen LogP contribution in [-0.4, -0.2) is 37.2 Å². The van der Waals surface area contributed by atoms with Crippen molar-refractivity contribution in [3.05, 3.63) is 70.3 Å². The number of carbonyl (C=O) groups is 3. The maximum Gasteiger partial charge on any atom is 0.337 e. The second-order valence-electron chi connectivity index (χ2n) is 5.58. The molecule has 0 aromatic heterocycles. The fraction of sp³-hybridized carbons (Fsp3) is 0.100. The number of rotatable bonds is 5. The second-order valence-corrected chi connectivity index (χ2v) is 6.40. The lowest BCUT2D eigenvalue weighted by atomic mass is 10.1. The Kier molecular flexibility index (Phi) is 7.88. The summed E-state index contributed by atoms with van der Waals surface area (Å²) in [5.74, 6) is -1.77. The molecular formula is C20H17ClN2O5S. The summed E-state index contributed by atoms with van der Waals surface area (Å²) in [6.07, 6.45) is 2.83. The summed E-state index contributed by atoms with van der Waals surface area (Å²) in [5, 5.41) is 5.68. The van der Waals surface area contributed by atoms with Gasteiger partial charge < -0.3 is 14.8 Å². The molecule has 0 radical (unpaired) electrons. The molecule has 2 rings (SSSR count). The minimum atomic E-state index is -0.642. The van der Waals surface area contributed by atoms with Crippen LogP contribution in [0.2, 0.25) is 5.02 Å². The third-order valence-electron chi connectivity index (χ3n) is 3.59. The topological polar surface area (TPSA) is 93.7 Å². The Morgan fingerprint density at radius 3 is 2.14 bits per heavy atom. The number of esters is 2. The number of amides is 1. The van der Waals surface area contributed by atoms with Crippen molar-refractivity contribution < 1.29 is 23.9 Å². The highest BCUT2D eigenvalue weighted by Crippen LogP contribution is 2.18. The Balaban J connectivity index is 2.11. The van der Waals surface area contributed by atoms with Crippen LogP contribution in [0.15, 0.2) is 48.5 Å². The molecule has 0 atom stereocenters. The van der Waals surface area contributed by atoms with Gasteiger partial charge in [-0.2, -0.15) is 0 Å². The van der Waals surface area contributed by atoms with Gasteiger partial charge in [-0.15, -0.1) is 0 Å². The first kappa shape index (κ1) is 22.1. The number of hydrogen-bond acceptors (Lipinski definition) is 6. The first-order valence-electron chi connectivity index (χ1n) is 8.20. The van der Waals surface area contributed by atoms with Gasteiger partial charge in [-0.3, -0.25) is 10.1 Å². The normalized spacial score (nSPS) is 10.3. The molecule has 1 amide bonds. The van der Waals surface area contributed by atoms with Crippen molar-refractivity contribution in [2.24, 2.45) is 0 Å². The molecule has 0 bridgehead atoms. The van der Waals surface area contributed by atoms with Gasteiger partial charge in [0.15, 0.2) is 5.11 Å². The quantitative estimate of drug-likeness (QED) is 0.424. The van der Waals surface area contributed by atoms with Crippen molar-refractivity contribution in [1.82, 2.24) is 5.32 Å². The Morgan fingerprint density at radius 2 is 1.59 bits per heavy atom. The van der Waals surface area contributed by atoms with Crippen LogP contribution in [0.25, 0.3) is 6.08 Å². The maximum absolute atomic E-state index is 12.1. The molecule has 0 aliphatic heterocycles. The average Bonchev–Trinajstić information content (AvgIpc) is 2.71. The van der Waals surface area contributed by atoms with E-state index >= 15 is 0 Å². The minimum absolute atomic E-state index is 0.0309. The molecule has 2 aromatic rings. The molecular weight excluding hydrogens is 416 g/mol. The minimum Gasteiger partial charge on any atom is -0.465 e. The molecule has 2 aromatic carbocycles. The summed E-state index contributed by atoms with van der Waals surface area (Å²) in [6.45, 7) is 0. The smallest absolute Gasteiger partial charge is 0.337 e. The Labute approximate surface area is 177 Å². The summed E-state index contributed by atoms with van der Waals surface area (Å²) in [4.78, 5) is 35.7. The van der Waals surface area contributed by atoms with Gasteiger partial charge in [0, 0.05) is 16.8 Å². The highest BCUT2D eigenvalue weighted by Gasteiger charge is 2.14. The number of benzene rings is 2. The largest absolute Gasteiger partial charge is 0.465 e. The van der Waals surface area contributed by atoms with Crippen LogP contribution in [0, 0.1) is 0 Å². The highest BCUT2D eigenvalue weighted by molar-refractivity contribution is 7.80. The number of thiocarbonyl (C=S) groups is 1. The average molecular weight is 433 g/mol. The fourth-order valence-electron chi connectivity index (χ4n) is 2.26. The van der Waals surface area contributed by atoms with Crippen molar-refractivity contribution in [3.63, 3.8) is 0 Å². The molecule has 2 N–H and O–H groups in total. The molecule has 0 spiro atoms. The van der Waals surface area contributed by atoms with Crippen LogP contribution in [-0.2, 0) is 14.3 Å². The number of methoxy groups -OCH3 is 2. The number of carbonyl (C=O) groups excluding carboxylic acids is 3. The van der Waals surface area contributed by atoms with E-state index in [9.17, 15) is 14.4 Å². The molecule has 0 saturated heterocycles. The van der Waals surface area contributed by atoms with Gasteiger partial charge in [0.2, 0.25) is 5.91 Å². The first-order chi connectivity index (χ1) is 13.8. The molecule has 29 heavy (non-hydrogen) atoms. The number of ether oxygens (including phenoxy) is 2. The second kappa shape index (κ2) is 10.4. The van der Waals surface area contributed by atoms with Gasteiger partial charge in [0.05, 0.1) is 25.3 Å². The van der Waals surface area contributed by atoms with Crippen LogP contribution in [0.3, 0.4) is 0 Å². The van der Waals surface area contributed by atoms with E-state index in [1.165, 1.54) is 38.5 Å². The Bertz CT molecular complexity index is 956. The van der Waals surface area contributed by atoms with Gasteiger partial charge in [0.25, 0.3) is 0 Å². The predicted octanol–water partition coefficient (Wildman–Crippen LogP) is 3.44. The molecule has 0 fully saturated rings. The van der Waals surface area contributed by atoms with E-state index in [-0.39, 0.29) is 16.2 Å². The van der Waals surface area contributed by atoms with E-state index in [4.69, 9.17) is 23.8 Å². The molecule has 0 saturated carbocycles. The molecule has 7 nitrogen and oxygen atoms in total. The lowest BCUT2D eigenvalue weighted by Crippen LogP contribution is -2.33. The van der Waals surface area contributed by atoms with Crippen LogP contribution in [0.1, 0.15) is 26.3 Å². The van der Waals surface area contributed by atoms with Crippen LogP contribution in [0.5, 0.6) is 0 Å². The summed E-state index contributed by atoms with van der Waals surface area (Å²) in [6, 6.07) is 11.2. The van der Waals surface area contributed by atoms with Crippen molar-refractivity contribution in [3.8, 4) is 0 Å². The van der Waals surface area contributed by atoms with E-state index in [0.717, 1.165) is 0 Å². The van der Waals surface area contributed by atoms with Gasteiger partial charge >= 0.3 is 11.9 Å². The van der Waals surface area contributed by atoms with Crippen LogP contribution in [0.4, 0.5) is 5.69 Å². The summed E-state index contributed by atoms with van der Waals surface area (Å²) < 4.78 is 9.34. The maximum atomic E-state index is 12.1. The zero-order valence-corrected chi connectivity index (χ0v) is 17.1.